The number of nitrogens with zero attached hydrogens (tertiary/aromatic N) is 1. The van der Waals surface area contributed by atoms with E-state index in [-0.39, 0.29) is 0 Å². The lowest BCUT2D eigenvalue weighted by atomic mass is 9.87. The second-order valence-corrected chi connectivity index (χ2v) is 6.69. The highest BCUT2D eigenvalue weighted by Crippen LogP contribution is 2.48. The maximum atomic E-state index is 12.4. The highest BCUT2D eigenvalue weighted by molar-refractivity contribution is 5.79. The molecule has 0 aromatic carbocycles. The molecule has 2 saturated carbocycles. The van der Waals surface area contributed by atoms with E-state index in [4.69, 9.17) is 5.73 Å². The average Bonchev–Trinajstić information content (AvgIpc) is 3.04. The molecule has 19 heavy (non-hydrogen) atoms. The molecule has 0 aromatic rings. The Hall–Kier alpha value is -0.610. The predicted molar refractivity (Wildman–Crippen MR) is 75.6 cm³/mol. The van der Waals surface area contributed by atoms with Crippen LogP contribution in [0, 0.1) is 17.8 Å². The van der Waals surface area contributed by atoms with Crippen LogP contribution in [0.15, 0.2) is 0 Å². The lowest BCUT2D eigenvalue weighted by molar-refractivity contribution is -0.127. The quantitative estimate of drug-likeness (QED) is 0.796. The molecule has 1 aliphatic heterocycles. The molecule has 4 nitrogen and oxygen atoms in total. The van der Waals surface area contributed by atoms with Gasteiger partial charge in [-0.1, -0.05) is 6.42 Å². The predicted octanol–water partition coefficient (Wildman–Crippen LogP) is 0.962. The fourth-order valence-corrected chi connectivity index (χ4v) is 4.36. The van der Waals surface area contributed by atoms with Gasteiger partial charge >= 0.3 is 0 Å². The molecule has 2 aliphatic carbocycles. The zero-order valence-corrected chi connectivity index (χ0v) is 11.8. The van der Waals surface area contributed by atoms with Crippen molar-refractivity contribution in [1.29, 1.82) is 0 Å². The van der Waals surface area contributed by atoms with Crippen molar-refractivity contribution >= 4 is 5.91 Å². The Morgan fingerprint density at radius 1 is 1.16 bits per heavy atom. The van der Waals surface area contributed by atoms with Crippen molar-refractivity contribution in [2.24, 2.45) is 23.5 Å². The Kier molecular flexibility index (Phi) is 4.08. The maximum Gasteiger partial charge on any atom is 0.223 e. The van der Waals surface area contributed by atoms with E-state index < -0.39 is 0 Å². The zero-order valence-electron chi connectivity index (χ0n) is 11.8. The number of nitrogens with one attached hydrogen (secondary N) is 1. The largest absolute Gasteiger partial charge is 0.353 e. The van der Waals surface area contributed by atoms with Gasteiger partial charge in [0.05, 0.1) is 0 Å². The summed E-state index contributed by atoms with van der Waals surface area (Å²) in [7, 11) is 0. The van der Waals surface area contributed by atoms with Crippen LogP contribution in [0.25, 0.3) is 0 Å². The fourth-order valence-electron chi connectivity index (χ4n) is 4.36. The second kappa shape index (κ2) is 5.80. The number of likely N-dealkylation sites (tertiary alicyclic amines) is 1. The van der Waals surface area contributed by atoms with Gasteiger partial charge in [-0.2, -0.15) is 0 Å². The number of hydrogen-bond donors (Lipinski definition) is 2. The van der Waals surface area contributed by atoms with Crippen LogP contribution in [0.4, 0.5) is 0 Å². The van der Waals surface area contributed by atoms with Crippen LogP contribution in [-0.2, 0) is 4.79 Å². The van der Waals surface area contributed by atoms with Crippen LogP contribution >= 0.6 is 0 Å². The van der Waals surface area contributed by atoms with Crippen molar-refractivity contribution in [2.75, 3.05) is 26.2 Å². The summed E-state index contributed by atoms with van der Waals surface area (Å²) in [5.74, 6) is 2.24. The van der Waals surface area contributed by atoms with Gasteiger partial charge in [-0.15, -0.1) is 0 Å². The molecule has 3 unspecified atom stereocenters. The Balaban J connectivity index is 1.43. The minimum atomic E-state index is 0.334. The third kappa shape index (κ3) is 2.95. The topological polar surface area (TPSA) is 58.4 Å². The highest BCUT2D eigenvalue weighted by Gasteiger charge is 2.43. The Morgan fingerprint density at radius 3 is 2.53 bits per heavy atom. The molecule has 3 N–H and O–H groups in total. The fraction of sp³-hybridized carbons (Fsp3) is 0.933. The van der Waals surface area contributed by atoms with Gasteiger partial charge in [-0.05, 0) is 43.9 Å². The van der Waals surface area contributed by atoms with Crippen LogP contribution in [0.5, 0.6) is 0 Å². The van der Waals surface area contributed by atoms with Crippen molar-refractivity contribution in [3.05, 3.63) is 0 Å². The van der Waals surface area contributed by atoms with E-state index >= 15 is 0 Å². The van der Waals surface area contributed by atoms with Crippen LogP contribution < -0.4 is 11.1 Å². The molecule has 2 bridgehead atoms. The summed E-state index contributed by atoms with van der Waals surface area (Å²) < 4.78 is 0. The van der Waals surface area contributed by atoms with E-state index in [1.807, 2.05) is 0 Å². The number of fused-ring (bicyclic) bond motifs is 2. The summed E-state index contributed by atoms with van der Waals surface area (Å²) in [5.41, 5.74) is 5.58. The van der Waals surface area contributed by atoms with Crippen LogP contribution in [0.3, 0.4) is 0 Å². The Labute approximate surface area is 116 Å². The molecule has 3 fully saturated rings. The summed E-state index contributed by atoms with van der Waals surface area (Å²) in [6, 6.07) is 0.403. The van der Waals surface area contributed by atoms with E-state index in [0.717, 1.165) is 51.4 Å². The molecule has 0 spiro atoms. The molecule has 4 heteroatoms. The lowest BCUT2D eigenvalue weighted by Gasteiger charge is -2.33. The van der Waals surface area contributed by atoms with Crippen molar-refractivity contribution in [3.8, 4) is 0 Å². The smallest absolute Gasteiger partial charge is 0.223 e. The van der Waals surface area contributed by atoms with Gasteiger partial charge in [-0.3, -0.25) is 4.79 Å². The van der Waals surface area contributed by atoms with Crippen molar-refractivity contribution in [3.63, 3.8) is 0 Å². The first-order valence-electron chi connectivity index (χ1n) is 7.99. The third-order valence-corrected chi connectivity index (χ3v) is 5.45. The van der Waals surface area contributed by atoms with Gasteiger partial charge in [0.25, 0.3) is 0 Å². The minimum absolute atomic E-state index is 0.334. The first-order chi connectivity index (χ1) is 9.26. The molecular formula is C15H27N3O. The van der Waals surface area contributed by atoms with E-state index in [1.54, 1.807) is 0 Å². The number of piperidine rings is 1. The maximum absolute atomic E-state index is 12.4. The van der Waals surface area contributed by atoms with E-state index in [1.165, 1.54) is 19.3 Å². The monoisotopic (exact) mass is 265 g/mol. The molecule has 1 saturated heterocycles. The molecule has 3 aliphatic rings. The summed E-state index contributed by atoms with van der Waals surface area (Å²) in [5, 5.41) is 3.31. The van der Waals surface area contributed by atoms with E-state index in [0.29, 0.717) is 23.8 Å². The van der Waals surface area contributed by atoms with Crippen molar-refractivity contribution < 1.29 is 4.79 Å². The summed E-state index contributed by atoms with van der Waals surface area (Å²) in [4.78, 5) is 14.8. The first kappa shape index (κ1) is 13.4. The zero-order chi connectivity index (χ0) is 13.2. The number of rotatable bonds is 4. The number of carbonyl (C=O) groups is 1. The normalized spacial score (nSPS) is 35.7. The Bertz CT molecular complexity index is 325. The van der Waals surface area contributed by atoms with Crippen molar-refractivity contribution in [2.45, 2.75) is 44.6 Å². The van der Waals surface area contributed by atoms with Crippen LogP contribution in [0.1, 0.15) is 38.5 Å². The van der Waals surface area contributed by atoms with Crippen LogP contribution in [-0.4, -0.2) is 43.0 Å². The lowest BCUT2D eigenvalue weighted by Crippen LogP contribution is -2.47. The highest BCUT2D eigenvalue weighted by atomic mass is 16.2. The number of carbonyl (C=O) groups excluding carboxylic acids is 1. The molecule has 3 rings (SSSR count). The standard InChI is InChI=1S/C15H27N3O/c16-5-8-18-6-3-13(4-7-18)17-15(19)14-10-11-1-2-12(14)9-11/h11-14H,1-10,16H2,(H,17,19). The third-order valence-electron chi connectivity index (χ3n) is 5.45. The summed E-state index contributed by atoms with van der Waals surface area (Å²) in [6.07, 6.45) is 7.30. The van der Waals surface area contributed by atoms with E-state index in [9.17, 15) is 4.79 Å². The second-order valence-electron chi connectivity index (χ2n) is 6.69. The molecule has 3 atom stereocenters. The van der Waals surface area contributed by atoms with Gasteiger partial charge in [0.1, 0.15) is 0 Å². The molecule has 108 valence electrons. The van der Waals surface area contributed by atoms with Crippen molar-refractivity contribution in [1.82, 2.24) is 10.2 Å². The molecule has 0 aromatic heterocycles. The van der Waals surface area contributed by atoms with E-state index in [2.05, 4.69) is 10.2 Å². The van der Waals surface area contributed by atoms with Gasteiger partial charge in [0.15, 0.2) is 0 Å². The SMILES string of the molecule is NCCN1CCC(NC(=O)C2CC3CCC2C3)CC1. The van der Waals surface area contributed by atoms with Gasteiger partial charge in [0, 0.05) is 38.1 Å². The van der Waals surface area contributed by atoms with Crippen LogP contribution in [0.2, 0.25) is 0 Å². The number of amides is 1. The van der Waals surface area contributed by atoms with Gasteiger partial charge in [0.2, 0.25) is 5.91 Å². The summed E-state index contributed by atoms with van der Waals surface area (Å²) >= 11 is 0. The summed E-state index contributed by atoms with van der Waals surface area (Å²) in [6.45, 7) is 3.90. The first-order valence-corrected chi connectivity index (χ1v) is 7.99. The van der Waals surface area contributed by atoms with Gasteiger partial charge < -0.3 is 16.0 Å². The number of hydrogen-bond acceptors (Lipinski definition) is 3. The average molecular weight is 265 g/mol. The van der Waals surface area contributed by atoms with Gasteiger partial charge in [-0.25, -0.2) is 0 Å². The minimum Gasteiger partial charge on any atom is -0.353 e. The molecule has 0 radical (unpaired) electrons. The number of nitrogens with two attached hydrogens (primary N) is 1. The molecule has 1 heterocycles. The Morgan fingerprint density at radius 2 is 1.95 bits per heavy atom. The molecular weight excluding hydrogens is 238 g/mol. The molecule has 1 amide bonds.